The first-order valence-electron chi connectivity index (χ1n) is 10.3. The highest BCUT2D eigenvalue weighted by Crippen LogP contribution is 2.32. The number of benzene rings is 2. The smallest absolute Gasteiger partial charge is 0.247 e. The van der Waals surface area contributed by atoms with Crippen molar-refractivity contribution < 1.29 is 18.7 Å². The molecular formula is C23H23N3O4. The SMILES string of the molecule is O=C(c1ccc2c(c1)OCCO2)C1CCN(Cc2nnc(-c3ccccc3)o2)CC1. The molecule has 2 aromatic carbocycles. The molecule has 3 aromatic rings. The highest BCUT2D eigenvalue weighted by Gasteiger charge is 2.27. The molecule has 2 aliphatic heterocycles. The van der Waals surface area contributed by atoms with Gasteiger partial charge in [0.15, 0.2) is 17.3 Å². The van der Waals surface area contributed by atoms with Gasteiger partial charge in [-0.3, -0.25) is 9.69 Å². The third-order valence-corrected chi connectivity index (χ3v) is 5.63. The molecule has 0 aliphatic carbocycles. The zero-order valence-corrected chi connectivity index (χ0v) is 16.6. The number of nitrogens with zero attached hydrogens (tertiary/aromatic N) is 3. The van der Waals surface area contributed by atoms with Crippen LogP contribution in [0.1, 0.15) is 29.1 Å². The molecule has 3 heterocycles. The second kappa shape index (κ2) is 8.28. The van der Waals surface area contributed by atoms with Gasteiger partial charge >= 0.3 is 0 Å². The van der Waals surface area contributed by atoms with Crippen LogP contribution in [-0.4, -0.2) is 47.2 Å². The highest BCUT2D eigenvalue weighted by molar-refractivity contribution is 5.98. The topological polar surface area (TPSA) is 77.7 Å². The number of piperidine rings is 1. The summed E-state index contributed by atoms with van der Waals surface area (Å²) in [5.74, 6) is 2.71. The Balaban J connectivity index is 1.18. The van der Waals surface area contributed by atoms with Crippen molar-refractivity contribution in [1.82, 2.24) is 15.1 Å². The average Bonchev–Trinajstić information content (AvgIpc) is 3.28. The first-order valence-corrected chi connectivity index (χ1v) is 10.3. The van der Waals surface area contributed by atoms with Crippen molar-refractivity contribution in [1.29, 1.82) is 0 Å². The van der Waals surface area contributed by atoms with Crippen molar-refractivity contribution in [3.8, 4) is 23.0 Å². The maximum Gasteiger partial charge on any atom is 0.247 e. The van der Waals surface area contributed by atoms with E-state index in [1.165, 1.54) is 0 Å². The molecule has 0 N–H and O–H groups in total. The van der Waals surface area contributed by atoms with E-state index in [1.54, 1.807) is 0 Å². The number of carbonyl (C=O) groups excluding carboxylic acids is 1. The summed E-state index contributed by atoms with van der Waals surface area (Å²) in [5.41, 5.74) is 1.61. The third-order valence-electron chi connectivity index (χ3n) is 5.63. The fraction of sp³-hybridized carbons (Fsp3) is 0.348. The second-order valence-corrected chi connectivity index (χ2v) is 7.64. The van der Waals surface area contributed by atoms with Gasteiger partial charge in [-0.2, -0.15) is 0 Å². The monoisotopic (exact) mass is 405 g/mol. The molecule has 154 valence electrons. The summed E-state index contributed by atoms with van der Waals surface area (Å²) in [6.45, 7) is 3.31. The first-order chi connectivity index (χ1) is 14.8. The number of ketones is 1. The minimum Gasteiger partial charge on any atom is -0.486 e. The lowest BCUT2D eigenvalue weighted by molar-refractivity contribution is 0.0826. The fourth-order valence-corrected chi connectivity index (χ4v) is 3.99. The second-order valence-electron chi connectivity index (χ2n) is 7.64. The average molecular weight is 405 g/mol. The summed E-state index contributed by atoms with van der Waals surface area (Å²) in [6.07, 6.45) is 1.62. The van der Waals surface area contributed by atoms with Gasteiger partial charge in [0, 0.05) is 17.0 Å². The Hall–Kier alpha value is -3.19. The number of carbonyl (C=O) groups is 1. The summed E-state index contributed by atoms with van der Waals surface area (Å²) >= 11 is 0. The first kappa shape index (κ1) is 18.8. The van der Waals surface area contributed by atoms with Crippen LogP contribution in [0.15, 0.2) is 52.9 Å². The van der Waals surface area contributed by atoms with Gasteiger partial charge in [-0.05, 0) is 56.3 Å². The van der Waals surface area contributed by atoms with Gasteiger partial charge < -0.3 is 13.9 Å². The summed E-state index contributed by atoms with van der Waals surface area (Å²) in [5, 5.41) is 8.33. The number of Topliss-reactive ketones (excluding diaryl/α,β-unsaturated/α-hetero) is 1. The summed E-state index contributed by atoms with van der Waals surface area (Å²) < 4.78 is 17.0. The van der Waals surface area contributed by atoms with E-state index < -0.39 is 0 Å². The Morgan fingerprint density at radius 2 is 1.73 bits per heavy atom. The van der Waals surface area contributed by atoms with E-state index in [2.05, 4.69) is 15.1 Å². The number of likely N-dealkylation sites (tertiary alicyclic amines) is 1. The van der Waals surface area contributed by atoms with E-state index in [-0.39, 0.29) is 11.7 Å². The Morgan fingerprint density at radius 1 is 0.967 bits per heavy atom. The predicted molar refractivity (Wildman–Crippen MR) is 109 cm³/mol. The summed E-state index contributed by atoms with van der Waals surface area (Å²) in [4.78, 5) is 15.2. The fourth-order valence-electron chi connectivity index (χ4n) is 3.99. The summed E-state index contributed by atoms with van der Waals surface area (Å²) in [6, 6.07) is 15.2. The molecule has 0 bridgehead atoms. The van der Waals surface area contributed by atoms with E-state index in [0.717, 1.165) is 31.5 Å². The van der Waals surface area contributed by atoms with Gasteiger partial charge in [0.1, 0.15) is 13.2 Å². The Bertz CT molecular complexity index is 1030. The molecule has 1 fully saturated rings. The van der Waals surface area contributed by atoms with Crippen LogP contribution < -0.4 is 9.47 Å². The van der Waals surface area contributed by atoms with E-state index in [1.807, 2.05) is 48.5 Å². The van der Waals surface area contributed by atoms with Crippen LogP contribution in [0.3, 0.4) is 0 Å². The standard InChI is InChI=1S/C23H23N3O4/c27-22(18-6-7-19-20(14-18)29-13-12-28-19)16-8-10-26(11-9-16)15-21-24-25-23(30-21)17-4-2-1-3-5-17/h1-7,14,16H,8-13,15H2. The molecule has 0 spiro atoms. The molecule has 7 heteroatoms. The molecule has 5 rings (SSSR count). The number of aromatic nitrogens is 2. The van der Waals surface area contributed by atoms with E-state index >= 15 is 0 Å². The van der Waals surface area contributed by atoms with Gasteiger partial charge in [0.05, 0.1) is 6.54 Å². The molecule has 0 saturated carbocycles. The van der Waals surface area contributed by atoms with Crippen LogP contribution in [0.25, 0.3) is 11.5 Å². The van der Waals surface area contributed by atoms with Crippen molar-refractivity contribution in [3.63, 3.8) is 0 Å². The Labute approximate surface area is 174 Å². The van der Waals surface area contributed by atoms with Crippen molar-refractivity contribution in [2.75, 3.05) is 26.3 Å². The lowest BCUT2D eigenvalue weighted by atomic mass is 9.88. The number of hydrogen-bond donors (Lipinski definition) is 0. The molecular weight excluding hydrogens is 382 g/mol. The van der Waals surface area contributed by atoms with Crippen LogP contribution in [0.4, 0.5) is 0 Å². The van der Waals surface area contributed by atoms with E-state index in [0.29, 0.717) is 48.6 Å². The Kier molecular flexibility index (Phi) is 5.19. The molecule has 0 radical (unpaired) electrons. The molecule has 0 amide bonds. The normalized spacial score (nSPS) is 17.1. The zero-order chi connectivity index (χ0) is 20.3. The quantitative estimate of drug-likeness (QED) is 0.600. The van der Waals surface area contributed by atoms with Crippen LogP contribution in [0, 0.1) is 5.92 Å². The summed E-state index contributed by atoms with van der Waals surface area (Å²) in [7, 11) is 0. The molecule has 1 aromatic heterocycles. The number of hydrogen-bond acceptors (Lipinski definition) is 7. The van der Waals surface area contributed by atoms with Crippen LogP contribution in [-0.2, 0) is 6.54 Å². The number of fused-ring (bicyclic) bond motifs is 1. The maximum atomic E-state index is 13.0. The minimum atomic E-state index is 0.0198. The third kappa shape index (κ3) is 3.93. The maximum absolute atomic E-state index is 13.0. The number of rotatable bonds is 5. The molecule has 0 unspecified atom stereocenters. The number of ether oxygens (including phenoxy) is 2. The zero-order valence-electron chi connectivity index (χ0n) is 16.6. The van der Waals surface area contributed by atoms with Crippen molar-refractivity contribution in [3.05, 3.63) is 60.0 Å². The van der Waals surface area contributed by atoms with Crippen LogP contribution in [0.2, 0.25) is 0 Å². The van der Waals surface area contributed by atoms with Gasteiger partial charge in [0.25, 0.3) is 0 Å². The van der Waals surface area contributed by atoms with Gasteiger partial charge in [-0.25, -0.2) is 0 Å². The molecule has 1 saturated heterocycles. The predicted octanol–water partition coefficient (Wildman–Crippen LogP) is 3.60. The molecule has 7 nitrogen and oxygen atoms in total. The van der Waals surface area contributed by atoms with Crippen molar-refractivity contribution in [2.45, 2.75) is 19.4 Å². The minimum absolute atomic E-state index is 0.0198. The Morgan fingerprint density at radius 3 is 2.53 bits per heavy atom. The molecule has 0 atom stereocenters. The molecule has 30 heavy (non-hydrogen) atoms. The van der Waals surface area contributed by atoms with Crippen LogP contribution in [0.5, 0.6) is 11.5 Å². The van der Waals surface area contributed by atoms with Gasteiger partial charge in [-0.15, -0.1) is 10.2 Å². The van der Waals surface area contributed by atoms with Crippen LogP contribution >= 0.6 is 0 Å². The molecule has 2 aliphatic rings. The van der Waals surface area contributed by atoms with Gasteiger partial charge in [-0.1, -0.05) is 18.2 Å². The highest BCUT2D eigenvalue weighted by atomic mass is 16.6. The van der Waals surface area contributed by atoms with Crippen molar-refractivity contribution in [2.24, 2.45) is 5.92 Å². The van der Waals surface area contributed by atoms with Crippen molar-refractivity contribution >= 4 is 5.78 Å². The lowest BCUT2D eigenvalue weighted by Crippen LogP contribution is -2.36. The van der Waals surface area contributed by atoms with E-state index in [4.69, 9.17) is 13.9 Å². The largest absolute Gasteiger partial charge is 0.486 e. The van der Waals surface area contributed by atoms with Gasteiger partial charge in [0.2, 0.25) is 11.8 Å². The lowest BCUT2D eigenvalue weighted by Gasteiger charge is -2.30. The van der Waals surface area contributed by atoms with E-state index in [9.17, 15) is 4.79 Å².